The fourth-order valence-electron chi connectivity index (χ4n) is 4.41. The molecule has 0 saturated carbocycles. The van der Waals surface area contributed by atoms with Gasteiger partial charge in [0, 0.05) is 24.0 Å². The van der Waals surface area contributed by atoms with Gasteiger partial charge >= 0.3 is 0 Å². The maximum atomic E-state index is 13.3. The summed E-state index contributed by atoms with van der Waals surface area (Å²) in [6, 6.07) is 9.22. The number of anilines is 1. The first-order valence-electron chi connectivity index (χ1n) is 11.3. The average Bonchev–Trinajstić information content (AvgIpc) is 3.62. The van der Waals surface area contributed by atoms with E-state index in [0.717, 1.165) is 49.2 Å². The summed E-state index contributed by atoms with van der Waals surface area (Å²) >= 11 is 2.86. The van der Waals surface area contributed by atoms with Crippen molar-refractivity contribution in [3.05, 3.63) is 46.0 Å². The standard InChI is InChI=1S/C24H26N4O4S2/c25-22(29)18-5-1-2-9-27(18)10-4-11-28(23(30)21-6-3-12-33-21)24-26-17(14-34-24)16-7-8-19-20(13-16)32-15-31-19/h3,6-8,12-14,18H,1-2,4-5,9-11,15H2,(H2,25,29)/t18-/m0/s1. The number of hydrogen-bond acceptors (Lipinski definition) is 8. The van der Waals surface area contributed by atoms with E-state index in [1.54, 1.807) is 4.90 Å². The molecule has 3 aromatic rings. The lowest BCUT2D eigenvalue weighted by Gasteiger charge is -2.34. The van der Waals surface area contributed by atoms with Gasteiger partial charge in [0.2, 0.25) is 12.7 Å². The average molecular weight is 499 g/mol. The van der Waals surface area contributed by atoms with Gasteiger partial charge in [-0.2, -0.15) is 0 Å². The number of hydrogen-bond donors (Lipinski definition) is 1. The van der Waals surface area contributed by atoms with Crippen LogP contribution in [0.5, 0.6) is 11.5 Å². The first kappa shape index (κ1) is 22.8. The van der Waals surface area contributed by atoms with Crippen LogP contribution < -0.4 is 20.1 Å². The number of primary amides is 1. The number of fused-ring (bicyclic) bond motifs is 1. The molecule has 0 aliphatic carbocycles. The van der Waals surface area contributed by atoms with Crippen molar-refractivity contribution in [1.29, 1.82) is 0 Å². The number of aromatic nitrogens is 1. The summed E-state index contributed by atoms with van der Waals surface area (Å²) in [5, 5.41) is 4.50. The molecule has 1 aromatic carbocycles. The molecule has 0 spiro atoms. The lowest BCUT2D eigenvalue weighted by molar-refractivity contribution is -0.124. The zero-order valence-electron chi connectivity index (χ0n) is 18.6. The molecule has 10 heteroatoms. The third-order valence-corrected chi connectivity index (χ3v) is 7.86. The fraction of sp³-hybridized carbons (Fsp3) is 0.375. The van der Waals surface area contributed by atoms with Gasteiger partial charge in [-0.25, -0.2) is 4.98 Å². The third kappa shape index (κ3) is 4.79. The van der Waals surface area contributed by atoms with E-state index in [-0.39, 0.29) is 24.6 Å². The molecule has 2 aliphatic rings. The number of nitrogens with zero attached hydrogens (tertiary/aromatic N) is 3. The zero-order chi connectivity index (χ0) is 23.5. The van der Waals surface area contributed by atoms with Crippen LogP contribution in [-0.2, 0) is 4.79 Å². The zero-order valence-corrected chi connectivity index (χ0v) is 20.3. The Kier molecular flexibility index (Phi) is 6.80. The maximum Gasteiger partial charge on any atom is 0.270 e. The van der Waals surface area contributed by atoms with Crippen LogP contribution in [0, 0.1) is 0 Å². The van der Waals surface area contributed by atoms with Crippen LogP contribution >= 0.6 is 22.7 Å². The summed E-state index contributed by atoms with van der Waals surface area (Å²) in [6.45, 7) is 2.30. The Morgan fingerprint density at radius 2 is 2.06 bits per heavy atom. The maximum absolute atomic E-state index is 13.3. The predicted molar refractivity (Wildman–Crippen MR) is 133 cm³/mol. The molecule has 8 nitrogen and oxygen atoms in total. The van der Waals surface area contributed by atoms with Gasteiger partial charge in [0.1, 0.15) is 0 Å². The number of carbonyl (C=O) groups excluding carboxylic acids is 2. The molecule has 1 atom stereocenters. The Labute approximate surface area is 205 Å². The van der Waals surface area contributed by atoms with Crippen LogP contribution in [0.15, 0.2) is 41.1 Å². The van der Waals surface area contributed by atoms with Gasteiger partial charge in [0.15, 0.2) is 16.6 Å². The molecule has 5 rings (SSSR count). The first-order valence-corrected chi connectivity index (χ1v) is 13.1. The minimum atomic E-state index is -0.264. The second kappa shape index (κ2) is 10.1. The van der Waals surface area contributed by atoms with Gasteiger partial charge in [-0.1, -0.05) is 12.5 Å². The van der Waals surface area contributed by atoms with E-state index in [1.165, 1.54) is 22.7 Å². The van der Waals surface area contributed by atoms with Crippen molar-refractivity contribution in [2.45, 2.75) is 31.7 Å². The Balaban J connectivity index is 1.33. The molecule has 1 fully saturated rings. The first-order chi connectivity index (χ1) is 16.6. The Morgan fingerprint density at radius 1 is 1.18 bits per heavy atom. The molecular weight excluding hydrogens is 472 g/mol. The van der Waals surface area contributed by atoms with Gasteiger partial charge in [-0.3, -0.25) is 19.4 Å². The van der Waals surface area contributed by atoms with Gasteiger partial charge in [-0.15, -0.1) is 22.7 Å². The molecule has 0 radical (unpaired) electrons. The Hall–Kier alpha value is -2.95. The molecule has 0 bridgehead atoms. The summed E-state index contributed by atoms with van der Waals surface area (Å²) in [5.74, 6) is 1.09. The molecule has 178 valence electrons. The highest BCUT2D eigenvalue weighted by Crippen LogP contribution is 2.37. The molecule has 2 aliphatic heterocycles. The number of piperidine rings is 1. The molecule has 4 heterocycles. The number of nitrogens with two attached hydrogens (primary N) is 1. The monoisotopic (exact) mass is 498 g/mol. The quantitative estimate of drug-likeness (QED) is 0.505. The normalized spacial score (nSPS) is 17.6. The number of carbonyl (C=O) groups is 2. The van der Waals surface area contributed by atoms with E-state index in [4.69, 9.17) is 20.2 Å². The van der Waals surface area contributed by atoms with E-state index in [9.17, 15) is 9.59 Å². The molecule has 0 unspecified atom stereocenters. The van der Waals surface area contributed by atoms with Gasteiger partial charge in [-0.05, 0) is 55.5 Å². The highest BCUT2D eigenvalue weighted by Gasteiger charge is 2.28. The smallest absolute Gasteiger partial charge is 0.270 e. The van der Waals surface area contributed by atoms with Crippen LogP contribution in [0.1, 0.15) is 35.4 Å². The molecule has 34 heavy (non-hydrogen) atoms. The van der Waals surface area contributed by atoms with Gasteiger partial charge in [0.05, 0.1) is 16.6 Å². The van der Waals surface area contributed by atoms with E-state index < -0.39 is 0 Å². The summed E-state index contributed by atoms with van der Waals surface area (Å²) in [4.78, 5) is 34.5. The minimum Gasteiger partial charge on any atom is -0.454 e. The van der Waals surface area contributed by atoms with Crippen molar-refractivity contribution in [1.82, 2.24) is 9.88 Å². The third-order valence-electron chi connectivity index (χ3n) is 6.14. The van der Waals surface area contributed by atoms with Gasteiger partial charge in [0.25, 0.3) is 5.91 Å². The summed E-state index contributed by atoms with van der Waals surface area (Å²) in [6.07, 6.45) is 3.61. The van der Waals surface area contributed by atoms with E-state index >= 15 is 0 Å². The predicted octanol–water partition coefficient (Wildman–Crippen LogP) is 3.98. The lowest BCUT2D eigenvalue weighted by atomic mass is 10.0. The van der Waals surface area contributed by atoms with Crippen molar-refractivity contribution < 1.29 is 19.1 Å². The molecule has 2 N–H and O–H groups in total. The Morgan fingerprint density at radius 3 is 2.88 bits per heavy atom. The number of ether oxygens (including phenoxy) is 2. The van der Waals surface area contributed by atoms with Crippen LogP contribution in [0.2, 0.25) is 0 Å². The van der Waals surface area contributed by atoms with Crippen LogP contribution in [0.25, 0.3) is 11.3 Å². The second-order valence-corrected chi connectivity index (χ2v) is 10.1. The summed E-state index contributed by atoms with van der Waals surface area (Å²) < 4.78 is 10.9. The van der Waals surface area contributed by atoms with Crippen LogP contribution in [0.3, 0.4) is 0 Å². The van der Waals surface area contributed by atoms with Crippen molar-refractivity contribution >= 4 is 39.6 Å². The molecule has 2 amide bonds. The van der Waals surface area contributed by atoms with Crippen LogP contribution in [0.4, 0.5) is 5.13 Å². The van der Waals surface area contributed by atoms with E-state index in [1.807, 2.05) is 41.1 Å². The fourth-order valence-corrected chi connectivity index (χ4v) is 5.94. The van der Waals surface area contributed by atoms with Crippen LogP contribution in [-0.4, -0.2) is 54.2 Å². The molecular formula is C24H26N4O4S2. The summed E-state index contributed by atoms with van der Waals surface area (Å²) in [5.41, 5.74) is 7.31. The lowest BCUT2D eigenvalue weighted by Crippen LogP contribution is -2.48. The van der Waals surface area contributed by atoms with E-state index in [0.29, 0.717) is 28.8 Å². The second-order valence-electron chi connectivity index (χ2n) is 8.32. The van der Waals surface area contributed by atoms with E-state index in [2.05, 4.69) is 4.90 Å². The molecule has 1 saturated heterocycles. The number of amides is 2. The van der Waals surface area contributed by atoms with Crippen molar-refractivity contribution in [3.63, 3.8) is 0 Å². The number of rotatable bonds is 8. The largest absolute Gasteiger partial charge is 0.454 e. The Bertz CT molecular complexity index is 1160. The number of thiophene rings is 1. The van der Waals surface area contributed by atoms with Crippen molar-refractivity contribution in [2.24, 2.45) is 5.73 Å². The number of benzene rings is 1. The number of likely N-dealkylation sites (tertiary alicyclic amines) is 1. The van der Waals surface area contributed by atoms with Crippen molar-refractivity contribution in [3.8, 4) is 22.8 Å². The summed E-state index contributed by atoms with van der Waals surface area (Å²) in [7, 11) is 0. The van der Waals surface area contributed by atoms with Crippen molar-refractivity contribution in [2.75, 3.05) is 31.3 Å². The highest BCUT2D eigenvalue weighted by molar-refractivity contribution is 7.14. The number of thiazole rings is 1. The highest BCUT2D eigenvalue weighted by atomic mass is 32.1. The minimum absolute atomic E-state index is 0.0633. The topological polar surface area (TPSA) is 98.0 Å². The van der Waals surface area contributed by atoms with Gasteiger partial charge < -0.3 is 15.2 Å². The molecule has 2 aromatic heterocycles. The SMILES string of the molecule is NC(=O)[C@@H]1CCCCN1CCCN(C(=O)c1cccs1)c1nc(-c2ccc3c(c2)OCO3)cs1.